The van der Waals surface area contributed by atoms with Gasteiger partial charge >= 0.3 is 0 Å². The quantitative estimate of drug-likeness (QED) is 0.900. The first-order valence-electron chi connectivity index (χ1n) is 6.78. The van der Waals surface area contributed by atoms with Crippen LogP contribution in [0.2, 0.25) is 0 Å². The fourth-order valence-corrected chi connectivity index (χ4v) is 3.05. The Hall–Kier alpha value is -0.940. The van der Waals surface area contributed by atoms with Crippen LogP contribution in [0.4, 0.5) is 0 Å². The fourth-order valence-electron chi connectivity index (χ4n) is 2.61. The molecule has 1 amide bonds. The number of hydrogen-bond donors (Lipinski definition) is 1. The Balaban J connectivity index is 1.99. The molecule has 106 valence electrons. The van der Waals surface area contributed by atoms with Gasteiger partial charge in [0.25, 0.3) is 5.91 Å². The first-order valence-corrected chi connectivity index (χ1v) is 8.17. The molecule has 1 saturated heterocycles. The van der Waals surface area contributed by atoms with Gasteiger partial charge in [0.1, 0.15) is 5.76 Å². The van der Waals surface area contributed by atoms with E-state index in [-0.39, 0.29) is 11.9 Å². The van der Waals surface area contributed by atoms with Gasteiger partial charge in [-0.1, -0.05) is 13.3 Å². The molecule has 2 atom stereocenters. The van der Waals surface area contributed by atoms with Crippen molar-refractivity contribution in [2.24, 2.45) is 11.7 Å². The van der Waals surface area contributed by atoms with Crippen molar-refractivity contribution in [1.29, 1.82) is 0 Å². The van der Waals surface area contributed by atoms with Gasteiger partial charge in [-0.15, -0.1) is 0 Å². The van der Waals surface area contributed by atoms with Crippen LogP contribution < -0.4 is 5.73 Å². The van der Waals surface area contributed by atoms with Crippen molar-refractivity contribution in [3.8, 4) is 0 Å². The summed E-state index contributed by atoms with van der Waals surface area (Å²) in [7, 11) is 0. The summed E-state index contributed by atoms with van der Waals surface area (Å²) in [6.45, 7) is 3.55. The summed E-state index contributed by atoms with van der Waals surface area (Å²) in [5.74, 6) is 2.49. The number of likely N-dealkylation sites (tertiary alicyclic amines) is 1. The predicted molar refractivity (Wildman–Crippen MR) is 78.2 cm³/mol. The minimum atomic E-state index is -0.0265. The van der Waals surface area contributed by atoms with E-state index in [1.54, 1.807) is 17.8 Å². The van der Waals surface area contributed by atoms with Crippen molar-refractivity contribution in [2.75, 3.05) is 19.3 Å². The number of nitrogens with zero attached hydrogens (tertiary/aromatic N) is 1. The van der Waals surface area contributed by atoms with Crippen molar-refractivity contribution in [2.45, 2.75) is 31.6 Å². The van der Waals surface area contributed by atoms with Crippen molar-refractivity contribution in [1.82, 2.24) is 4.90 Å². The van der Waals surface area contributed by atoms with E-state index >= 15 is 0 Å². The maximum absolute atomic E-state index is 12.3. The van der Waals surface area contributed by atoms with Crippen LogP contribution in [0.15, 0.2) is 16.5 Å². The number of carbonyl (C=O) groups is 1. The minimum Gasteiger partial charge on any atom is -0.455 e. The summed E-state index contributed by atoms with van der Waals surface area (Å²) in [6.07, 6.45) is 4.21. The van der Waals surface area contributed by atoms with E-state index in [1.807, 2.05) is 17.2 Å². The Kier molecular flexibility index (Phi) is 4.93. The zero-order valence-electron chi connectivity index (χ0n) is 11.6. The highest BCUT2D eigenvalue weighted by atomic mass is 32.2. The second-order valence-corrected chi connectivity index (χ2v) is 5.99. The van der Waals surface area contributed by atoms with Crippen LogP contribution in [0, 0.1) is 5.92 Å². The van der Waals surface area contributed by atoms with E-state index in [1.165, 1.54) is 0 Å². The molecule has 5 heteroatoms. The molecule has 1 aromatic heterocycles. The first kappa shape index (κ1) is 14.5. The average molecular weight is 282 g/mol. The summed E-state index contributed by atoms with van der Waals surface area (Å²) < 4.78 is 5.58. The third-order valence-corrected chi connectivity index (χ3v) is 4.17. The molecule has 0 aromatic carbocycles. The van der Waals surface area contributed by atoms with Gasteiger partial charge in [-0.25, -0.2) is 0 Å². The van der Waals surface area contributed by atoms with Crippen LogP contribution in [0.5, 0.6) is 0 Å². The van der Waals surface area contributed by atoms with E-state index < -0.39 is 0 Å². The molecule has 0 spiro atoms. The molecular formula is C14H22N2O2S. The molecule has 0 aliphatic carbocycles. The Bertz CT molecular complexity index is 433. The molecular weight excluding hydrogens is 260 g/mol. The number of amides is 1. The van der Waals surface area contributed by atoms with E-state index in [2.05, 4.69) is 6.92 Å². The van der Waals surface area contributed by atoms with Crippen molar-refractivity contribution >= 4 is 17.7 Å². The molecule has 1 fully saturated rings. The highest BCUT2D eigenvalue weighted by Gasteiger charge is 2.33. The number of carbonyl (C=O) groups excluding carboxylic acids is 1. The van der Waals surface area contributed by atoms with Crippen LogP contribution in [0.25, 0.3) is 0 Å². The van der Waals surface area contributed by atoms with E-state index in [9.17, 15) is 4.79 Å². The van der Waals surface area contributed by atoms with Gasteiger partial charge in [0.2, 0.25) is 0 Å². The topological polar surface area (TPSA) is 59.5 Å². The second kappa shape index (κ2) is 6.48. The molecule has 2 N–H and O–H groups in total. The third kappa shape index (κ3) is 3.34. The Morgan fingerprint density at radius 1 is 1.53 bits per heavy atom. The summed E-state index contributed by atoms with van der Waals surface area (Å²) in [5, 5.41) is 0. The Labute approximate surface area is 118 Å². The number of nitrogens with two attached hydrogens (primary N) is 1. The summed E-state index contributed by atoms with van der Waals surface area (Å²) in [4.78, 5) is 14.2. The van der Waals surface area contributed by atoms with E-state index in [0.717, 1.165) is 30.9 Å². The lowest BCUT2D eigenvalue weighted by atomic mass is 9.99. The number of furan rings is 1. The molecule has 1 aliphatic rings. The average Bonchev–Trinajstić information content (AvgIpc) is 2.98. The molecule has 0 saturated carbocycles. The van der Waals surface area contributed by atoms with Crippen molar-refractivity contribution in [3.63, 3.8) is 0 Å². The normalized spacial score (nSPS) is 23.0. The minimum absolute atomic E-state index is 0.0265. The zero-order valence-corrected chi connectivity index (χ0v) is 12.4. The molecule has 1 aliphatic heterocycles. The van der Waals surface area contributed by atoms with Gasteiger partial charge in [0, 0.05) is 19.1 Å². The lowest BCUT2D eigenvalue weighted by molar-refractivity contribution is 0.0752. The standard InChI is InChI=1S/C14H22N2O2S/c1-3-4-10-7-16(8-12(10)15)14(17)13-6-5-11(18-13)9-19-2/h5-6,10,12H,3-4,7-9,15H2,1-2H3/t10-,12-/m0/s1. The highest BCUT2D eigenvalue weighted by Crippen LogP contribution is 2.23. The van der Waals surface area contributed by atoms with Gasteiger partial charge in [0.05, 0.1) is 5.75 Å². The van der Waals surface area contributed by atoms with Gasteiger partial charge < -0.3 is 15.1 Å². The number of hydrogen-bond acceptors (Lipinski definition) is 4. The fraction of sp³-hybridized carbons (Fsp3) is 0.643. The monoisotopic (exact) mass is 282 g/mol. The van der Waals surface area contributed by atoms with Crippen LogP contribution >= 0.6 is 11.8 Å². The van der Waals surface area contributed by atoms with Gasteiger partial charge in [-0.3, -0.25) is 4.79 Å². The molecule has 0 bridgehead atoms. The highest BCUT2D eigenvalue weighted by molar-refractivity contribution is 7.97. The lowest BCUT2D eigenvalue weighted by Gasteiger charge is -2.14. The molecule has 0 radical (unpaired) electrons. The van der Waals surface area contributed by atoms with Crippen LogP contribution in [-0.2, 0) is 5.75 Å². The maximum Gasteiger partial charge on any atom is 0.289 e. The second-order valence-electron chi connectivity index (χ2n) is 5.12. The van der Waals surface area contributed by atoms with Crippen molar-refractivity contribution < 1.29 is 9.21 Å². The molecule has 0 unspecified atom stereocenters. The van der Waals surface area contributed by atoms with Crippen LogP contribution in [0.1, 0.15) is 36.1 Å². The van der Waals surface area contributed by atoms with E-state index in [4.69, 9.17) is 10.2 Å². The molecule has 1 aromatic rings. The SMILES string of the molecule is CCC[C@H]1CN(C(=O)c2ccc(CSC)o2)C[C@@H]1N. The maximum atomic E-state index is 12.3. The van der Waals surface area contributed by atoms with Gasteiger partial charge in [-0.05, 0) is 30.7 Å². The molecule has 4 nitrogen and oxygen atoms in total. The van der Waals surface area contributed by atoms with Crippen LogP contribution in [-0.4, -0.2) is 36.2 Å². The van der Waals surface area contributed by atoms with Gasteiger partial charge in [-0.2, -0.15) is 11.8 Å². The molecule has 2 heterocycles. The lowest BCUT2D eigenvalue weighted by Crippen LogP contribution is -2.32. The Morgan fingerprint density at radius 3 is 3.00 bits per heavy atom. The molecule has 19 heavy (non-hydrogen) atoms. The Morgan fingerprint density at radius 2 is 2.32 bits per heavy atom. The predicted octanol–water partition coefficient (Wildman–Crippen LogP) is 2.34. The summed E-state index contributed by atoms with van der Waals surface area (Å²) >= 11 is 1.68. The summed E-state index contributed by atoms with van der Waals surface area (Å²) in [6, 6.07) is 3.75. The van der Waals surface area contributed by atoms with Gasteiger partial charge in [0.15, 0.2) is 5.76 Å². The third-order valence-electron chi connectivity index (χ3n) is 3.60. The smallest absolute Gasteiger partial charge is 0.289 e. The van der Waals surface area contributed by atoms with Crippen molar-refractivity contribution in [3.05, 3.63) is 23.7 Å². The molecule has 2 rings (SSSR count). The van der Waals surface area contributed by atoms with E-state index in [0.29, 0.717) is 18.2 Å². The number of rotatable bonds is 5. The number of thioether (sulfide) groups is 1. The first-order chi connectivity index (χ1) is 9.15. The summed E-state index contributed by atoms with van der Waals surface area (Å²) in [5.41, 5.74) is 6.10. The van der Waals surface area contributed by atoms with Crippen LogP contribution in [0.3, 0.4) is 0 Å². The largest absolute Gasteiger partial charge is 0.455 e. The zero-order chi connectivity index (χ0) is 13.8.